The van der Waals surface area contributed by atoms with Gasteiger partial charge in [0.15, 0.2) is 0 Å². The zero-order valence-electron chi connectivity index (χ0n) is 13.7. The fraction of sp³-hybridized carbons (Fsp3) is 0.867. The Morgan fingerprint density at radius 2 is 1.17 bits per heavy atom. The first-order valence-electron chi connectivity index (χ1n) is 7.85. The van der Waals surface area contributed by atoms with E-state index < -0.39 is 26.9 Å². The molecule has 1 nitrogen and oxygen atoms in total. The van der Waals surface area contributed by atoms with Crippen LogP contribution in [0.1, 0.15) is 48.5 Å². The van der Waals surface area contributed by atoms with E-state index in [4.69, 9.17) is 3.76 Å². The summed E-state index contributed by atoms with van der Waals surface area (Å²) in [7, 11) is 0. The molecule has 0 aliphatic rings. The minimum absolute atomic E-state index is 1.28. The zero-order chi connectivity index (χ0) is 14.2. The van der Waals surface area contributed by atoms with E-state index in [0.717, 1.165) is 0 Å². The molecule has 0 unspecified atom stereocenters. The Labute approximate surface area is 121 Å². The molecular formula is C15H34Ge2O. The molecular weight excluding hydrogens is 341 g/mol. The monoisotopic (exact) mass is 378 g/mol. The average Bonchev–Trinajstić information content (AvgIpc) is 2.42. The fourth-order valence-electron chi connectivity index (χ4n) is 2.82. The second kappa shape index (κ2) is 8.73. The van der Waals surface area contributed by atoms with Crippen LogP contribution >= 0.6 is 0 Å². The number of rotatable bonds is 9. The molecule has 0 aromatic heterocycles. The van der Waals surface area contributed by atoms with E-state index >= 15 is 0 Å². The van der Waals surface area contributed by atoms with Crippen molar-refractivity contribution in [1.29, 1.82) is 0 Å². The summed E-state index contributed by atoms with van der Waals surface area (Å²) in [6.45, 7) is 16.3. The van der Waals surface area contributed by atoms with Gasteiger partial charge in [-0.1, -0.05) is 0 Å². The van der Waals surface area contributed by atoms with Gasteiger partial charge in [0.25, 0.3) is 0 Å². The van der Waals surface area contributed by atoms with Gasteiger partial charge in [-0.2, -0.15) is 0 Å². The number of allylic oxidation sites excluding steroid dienone is 1. The van der Waals surface area contributed by atoms with Crippen molar-refractivity contribution in [3.05, 3.63) is 10.7 Å². The summed E-state index contributed by atoms with van der Waals surface area (Å²) in [5.74, 6) is 1.28. The van der Waals surface area contributed by atoms with E-state index in [-0.39, 0.29) is 0 Å². The van der Waals surface area contributed by atoms with Gasteiger partial charge in [-0.15, -0.1) is 0 Å². The van der Waals surface area contributed by atoms with Crippen molar-refractivity contribution < 1.29 is 3.76 Å². The van der Waals surface area contributed by atoms with Crippen molar-refractivity contribution in [2.24, 2.45) is 0 Å². The molecule has 0 bridgehead atoms. The molecule has 108 valence electrons. The summed E-state index contributed by atoms with van der Waals surface area (Å²) in [4.78, 5) is 2.61. The molecule has 0 radical (unpaired) electrons. The van der Waals surface area contributed by atoms with Gasteiger partial charge in [0.1, 0.15) is 0 Å². The fourth-order valence-corrected chi connectivity index (χ4v) is 15.3. The number of hydrogen-bond acceptors (Lipinski definition) is 1. The van der Waals surface area contributed by atoms with Gasteiger partial charge in [-0.25, -0.2) is 0 Å². The predicted molar refractivity (Wildman–Crippen MR) is 89.2 cm³/mol. The van der Waals surface area contributed by atoms with Crippen LogP contribution in [0.4, 0.5) is 0 Å². The molecule has 3 heteroatoms. The van der Waals surface area contributed by atoms with Crippen LogP contribution in [0.3, 0.4) is 0 Å². The van der Waals surface area contributed by atoms with Gasteiger partial charge in [0.2, 0.25) is 0 Å². The van der Waals surface area contributed by atoms with E-state index in [9.17, 15) is 0 Å². The van der Waals surface area contributed by atoms with Crippen LogP contribution in [0.25, 0.3) is 0 Å². The van der Waals surface area contributed by atoms with Crippen molar-refractivity contribution in [2.45, 2.75) is 80.0 Å². The first kappa shape index (κ1) is 18.6. The van der Waals surface area contributed by atoms with Crippen LogP contribution < -0.4 is 0 Å². The quantitative estimate of drug-likeness (QED) is 0.357. The molecule has 0 N–H and O–H groups in total. The summed E-state index contributed by atoms with van der Waals surface area (Å²) < 4.78 is 6.54. The van der Waals surface area contributed by atoms with Crippen LogP contribution in [0, 0.1) is 0 Å². The minimum atomic E-state index is -1.99. The topological polar surface area (TPSA) is 9.23 Å². The standard InChI is InChI=1S/C15H34Ge2O/c1-8-16(9-2,10-3)14-15(7)18-17(11-4,12-5)13-6/h14H,8-13H2,1-7H3/b15-14-. The Kier molecular flexibility index (Phi) is 9.03. The molecule has 0 fully saturated rings. The third-order valence-corrected chi connectivity index (χ3v) is 25.6. The predicted octanol–water partition coefficient (Wildman–Crippen LogP) is 5.96. The van der Waals surface area contributed by atoms with Gasteiger partial charge in [-0.3, -0.25) is 0 Å². The van der Waals surface area contributed by atoms with Gasteiger partial charge < -0.3 is 0 Å². The van der Waals surface area contributed by atoms with E-state index in [1.54, 1.807) is 0 Å². The summed E-state index contributed by atoms with van der Waals surface area (Å²) in [5, 5.41) is 8.09. The van der Waals surface area contributed by atoms with Gasteiger partial charge in [0, 0.05) is 0 Å². The molecule has 0 heterocycles. The molecule has 0 atom stereocenters. The Morgan fingerprint density at radius 1 is 0.778 bits per heavy atom. The van der Waals surface area contributed by atoms with E-state index in [0.29, 0.717) is 0 Å². The van der Waals surface area contributed by atoms with Crippen LogP contribution in [-0.4, -0.2) is 26.9 Å². The molecule has 0 aromatic rings. The zero-order valence-corrected chi connectivity index (χ0v) is 17.9. The van der Waals surface area contributed by atoms with Gasteiger partial charge in [0.05, 0.1) is 0 Å². The van der Waals surface area contributed by atoms with Crippen LogP contribution in [0.2, 0.25) is 31.5 Å². The Balaban J connectivity index is 4.97. The van der Waals surface area contributed by atoms with Crippen molar-refractivity contribution >= 4 is 26.9 Å². The van der Waals surface area contributed by atoms with Crippen LogP contribution in [0.15, 0.2) is 10.7 Å². The number of hydrogen-bond donors (Lipinski definition) is 0. The summed E-state index contributed by atoms with van der Waals surface area (Å²) in [6, 6.07) is 0. The Bertz CT molecular complexity index is 237. The molecule has 0 rings (SSSR count). The first-order chi connectivity index (χ1) is 8.46. The second-order valence-electron chi connectivity index (χ2n) is 5.52. The SMILES string of the molecule is C[CH2][Ge](/[CH]=C(/C)[O][Ge]([CH2]C)([CH2]C)[CH2]C)([CH2]C)[CH2]C. The first-order valence-corrected chi connectivity index (χ1v) is 18.8. The average molecular weight is 376 g/mol. The summed E-state index contributed by atoms with van der Waals surface area (Å²) in [6.07, 6.45) is 0. The molecule has 0 saturated carbocycles. The van der Waals surface area contributed by atoms with Gasteiger partial charge >= 0.3 is 121 Å². The molecule has 18 heavy (non-hydrogen) atoms. The normalized spacial score (nSPS) is 13.8. The van der Waals surface area contributed by atoms with E-state index in [1.807, 2.05) is 0 Å². The second-order valence-corrected chi connectivity index (χ2v) is 26.1. The Morgan fingerprint density at radius 3 is 1.44 bits per heavy atom. The molecule has 0 amide bonds. The van der Waals surface area contributed by atoms with Crippen LogP contribution in [-0.2, 0) is 3.76 Å². The molecule has 0 spiro atoms. The third kappa shape index (κ3) is 4.95. The molecule has 0 aliphatic heterocycles. The van der Waals surface area contributed by atoms with E-state index in [2.05, 4.69) is 53.4 Å². The van der Waals surface area contributed by atoms with Crippen molar-refractivity contribution in [3.63, 3.8) is 0 Å². The summed E-state index contributed by atoms with van der Waals surface area (Å²) >= 11 is -3.70. The molecule has 0 saturated heterocycles. The maximum absolute atomic E-state index is 6.54. The Hall–Kier alpha value is 0.626. The molecule has 0 aromatic carbocycles. The van der Waals surface area contributed by atoms with Gasteiger partial charge in [-0.05, 0) is 0 Å². The van der Waals surface area contributed by atoms with Crippen molar-refractivity contribution in [2.75, 3.05) is 0 Å². The van der Waals surface area contributed by atoms with Crippen molar-refractivity contribution in [1.82, 2.24) is 0 Å². The van der Waals surface area contributed by atoms with E-state index in [1.165, 1.54) is 37.3 Å². The maximum atomic E-state index is 6.54. The third-order valence-electron chi connectivity index (χ3n) is 4.93. The van der Waals surface area contributed by atoms with Crippen LogP contribution in [0.5, 0.6) is 0 Å². The summed E-state index contributed by atoms with van der Waals surface area (Å²) in [5.41, 5.74) is 0. The molecule has 0 aliphatic carbocycles. The van der Waals surface area contributed by atoms with Crippen molar-refractivity contribution in [3.8, 4) is 0 Å².